The summed E-state index contributed by atoms with van der Waals surface area (Å²) in [5.41, 5.74) is 3.27. The van der Waals surface area contributed by atoms with Gasteiger partial charge in [0.05, 0.1) is 17.2 Å². The zero-order valence-corrected chi connectivity index (χ0v) is 17.5. The Morgan fingerprint density at radius 2 is 1.94 bits per heavy atom. The van der Waals surface area contributed by atoms with Gasteiger partial charge in [-0.05, 0) is 43.5 Å². The van der Waals surface area contributed by atoms with Crippen molar-refractivity contribution < 1.29 is 9.21 Å². The fraction of sp³-hybridized carbons (Fsp3) is 0.333. The molecule has 0 unspecified atom stereocenters. The minimum absolute atomic E-state index is 0.0623. The molecule has 2 aromatic carbocycles. The number of aryl methyl sites for hydroxylation is 2. The lowest BCUT2D eigenvalue weighted by Crippen LogP contribution is -2.38. The van der Waals surface area contributed by atoms with Crippen LogP contribution in [-0.4, -0.2) is 38.4 Å². The van der Waals surface area contributed by atoms with Crippen molar-refractivity contribution in [2.45, 2.75) is 38.6 Å². The summed E-state index contributed by atoms with van der Waals surface area (Å²) in [6.07, 6.45) is 3.49. The van der Waals surface area contributed by atoms with Crippen molar-refractivity contribution in [1.82, 2.24) is 19.4 Å². The summed E-state index contributed by atoms with van der Waals surface area (Å²) in [4.78, 5) is 36.4. The first kappa shape index (κ1) is 19.5. The minimum atomic E-state index is -0.101. The number of hydrogen-bond acceptors (Lipinski definition) is 5. The molecule has 1 aliphatic heterocycles. The van der Waals surface area contributed by atoms with Crippen LogP contribution >= 0.6 is 0 Å². The van der Waals surface area contributed by atoms with Gasteiger partial charge in [-0.2, -0.15) is 0 Å². The number of amides is 1. The van der Waals surface area contributed by atoms with Gasteiger partial charge in [0.15, 0.2) is 11.5 Å². The smallest absolute Gasteiger partial charge is 0.261 e. The monoisotopic (exact) mass is 416 g/mol. The molecule has 2 aromatic heterocycles. The quantitative estimate of drug-likeness (QED) is 0.507. The van der Waals surface area contributed by atoms with Crippen molar-refractivity contribution in [2.24, 2.45) is 0 Å². The molecule has 5 rings (SSSR count). The van der Waals surface area contributed by atoms with Crippen LogP contribution in [0.25, 0.3) is 22.0 Å². The Balaban J connectivity index is 1.21. The Bertz CT molecular complexity index is 1280. The Hall–Kier alpha value is -3.48. The molecule has 0 saturated carbocycles. The van der Waals surface area contributed by atoms with Crippen LogP contribution in [-0.2, 0) is 11.3 Å². The van der Waals surface area contributed by atoms with Crippen LogP contribution in [0, 0.1) is 6.92 Å². The maximum Gasteiger partial charge on any atom is 0.261 e. The highest BCUT2D eigenvalue weighted by Gasteiger charge is 2.27. The summed E-state index contributed by atoms with van der Waals surface area (Å²) in [6.45, 7) is 3.62. The molecule has 158 valence electrons. The summed E-state index contributed by atoms with van der Waals surface area (Å²) < 4.78 is 7.44. The molecule has 1 saturated heterocycles. The predicted octanol–water partition coefficient (Wildman–Crippen LogP) is 3.64. The van der Waals surface area contributed by atoms with E-state index in [0.29, 0.717) is 25.0 Å². The average molecular weight is 416 g/mol. The van der Waals surface area contributed by atoms with E-state index < -0.39 is 0 Å². The number of carbonyl (C=O) groups excluding carboxylic acids is 1. The lowest BCUT2D eigenvalue weighted by atomic mass is 9.96. The number of carbonyl (C=O) groups is 1. The first-order valence-corrected chi connectivity index (χ1v) is 10.7. The van der Waals surface area contributed by atoms with E-state index in [-0.39, 0.29) is 23.8 Å². The van der Waals surface area contributed by atoms with Gasteiger partial charge in [0.25, 0.3) is 5.56 Å². The number of para-hydroxylation sites is 3. The van der Waals surface area contributed by atoms with Gasteiger partial charge in [0.1, 0.15) is 5.52 Å². The van der Waals surface area contributed by atoms with Gasteiger partial charge >= 0.3 is 0 Å². The number of fused-ring (bicyclic) bond motifs is 2. The van der Waals surface area contributed by atoms with Crippen LogP contribution in [0.2, 0.25) is 0 Å². The summed E-state index contributed by atoms with van der Waals surface area (Å²) in [5.74, 6) is 1.05. The molecule has 0 bridgehead atoms. The van der Waals surface area contributed by atoms with Crippen molar-refractivity contribution in [3.8, 4) is 0 Å². The summed E-state index contributed by atoms with van der Waals surface area (Å²) in [7, 11) is 0. The van der Waals surface area contributed by atoms with Crippen LogP contribution in [0.3, 0.4) is 0 Å². The van der Waals surface area contributed by atoms with Crippen molar-refractivity contribution in [2.75, 3.05) is 13.1 Å². The van der Waals surface area contributed by atoms with Gasteiger partial charge in [-0.25, -0.2) is 9.97 Å². The summed E-state index contributed by atoms with van der Waals surface area (Å²) in [6, 6.07) is 13.3. The Labute approximate surface area is 179 Å². The topological polar surface area (TPSA) is 81.2 Å². The van der Waals surface area contributed by atoms with Gasteiger partial charge in [0, 0.05) is 32.0 Å². The first-order chi connectivity index (χ1) is 15.1. The molecule has 0 atom stereocenters. The van der Waals surface area contributed by atoms with Crippen molar-refractivity contribution in [3.05, 3.63) is 70.6 Å². The van der Waals surface area contributed by atoms with E-state index in [1.54, 1.807) is 12.4 Å². The van der Waals surface area contributed by atoms with E-state index in [0.717, 1.165) is 40.9 Å². The molecule has 1 amide bonds. The summed E-state index contributed by atoms with van der Waals surface area (Å²) >= 11 is 0. The SMILES string of the molecule is Cc1cccc2c(=O)n(CCC(=O)N3CCC(c4nc5ccccc5o4)CC3)cnc12. The molecule has 0 aliphatic carbocycles. The lowest BCUT2D eigenvalue weighted by Gasteiger charge is -2.30. The maximum absolute atomic E-state index is 12.7. The average Bonchev–Trinajstić information content (AvgIpc) is 3.23. The Morgan fingerprint density at radius 1 is 1.13 bits per heavy atom. The fourth-order valence-electron chi connectivity index (χ4n) is 4.31. The van der Waals surface area contributed by atoms with Crippen LogP contribution in [0.1, 0.15) is 36.6 Å². The number of piperidine rings is 1. The summed E-state index contributed by atoms with van der Waals surface area (Å²) in [5, 5.41) is 0.592. The molecule has 7 nitrogen and oxygen atoms in total. The highest BCUT2D eigenvalue weighted by atomic mass is 16.3. The second-order valence-corrected chi connectivity index (χ2v) is 8.14. The predicted molar refractivity (Wildman–Crippen MR) is 118 cm³/mol. The van der Waals surface area contributed by atoms with Crippen molar-refractivity contribution in [3.63, 3.8) is 0 Å². The molecule has 0 spiro atoms. The first-order valence-electron chi connectivity index (χ1n) is 10.7. The molecule has 3 heterocycles. The molecule has 7 heteroatoms. The molecular weight excluding hydrogens is 392 g/mol. The van der Waals surface area contributed by atoms with E-state index in [4.69, 9.17) is 4.42 Å². The zero-order chi connectivity index (χ0) is 21.4. The lowest BCUT2D eigenvalue weighted by molar-refractivity contribution is -0.132. The number of rotatable bonds is 4. The van der Waals surface area contributed by atoms with E-state index in [2.05, 4.69) is 9.97 Å². The van der Waals surface area contributed by atoms with Crippen molar-refractivity contribution >= 4 is 27.9 Å². The molecule has 1 aliphatic rings. The van der Waals surface area contributed by atoms with Crippen LogP contribution in [0.4, 0.5) is 0 Å². The van der Waals surface area contributed by atoms with Gasteiger partial charge in [0.2, 0.25) is 5.91 Å². The number of benzene rings is 2. The van der Waals surface area contributed by atoms with Gasteiger partial charge in [-0.1, -0.05) is 24.3 Å². The highest BCUT2D eigenvalue weighted by Crippen LogP contribution is 2.30. The van der Waals surface area contributed by atoms with Crippen LogP contribution < -0.4 is 5.56 Å². The van der Waals surface area contributed by atoms with Gasteiger partial charge < -0.3 is 9.32 Å². The standard InChI is InChI=1S/C24H24N4O3/c1-16-5-4-6-18-22(16)25-15-28(24(18)30)14-11-21(29)27-12-9-17(10-13-27)23-26-19-7-2-3-8-20(19)31-23/h2-8,15,17H,9-14H2,1H3. The maximum atomic E-state index is 12.7. The number of oxazole rings is 1. The molecular formula is C24H24N4O3. The van der Waals surface area contributed by atoms with Crippen LogP contribution in [0.15, 0.2) is 58.0 Å². The zero-order valence-electron chi connectivity index (χ0n) is 17.5. The minimum Gasteiger partial charge on any atom is -0.440 e. The number of aromatic nitrogens is 3. The third kappa shape index (κ3) is 3.71. The van der Waals surface area contributed by atoms with E-state index >= 15 is 0 Å². The molecule has 1 fully saturated rings. The molecule has 31 heavy (non-hydrogen) atoms. The second-order valence-electron chi connectivity index (χ2n) is 8.14. The van der Waals surface area contributed by atoms with Crippen molar-refractivity contribution in [1.29, 1.82) is 0 Å². The van der Waals surface area contributed by atoms with Gasteiger partial charge in [-0.3, -0.25) is 14.2 Å². The largest absolute Gasteiger partial charge is 0.440 e. The Kier molecular flexibility index (Phi) is 5.02. The van der Waals surface area contributed by atoms with E-state index in [9.17, 15) is 9.59 Å². The van der Waals surface area contributed by atoms with Gasteiger partial charge in [-0.15, -0.1) is 0 Å². The number of likely N-dealkylation sites (tertiary alicyclic amines) is 1. The third-order valence-corrected chi connectivity index (χ3v) is 6.13. The van der Waals surface area contributed by atoms with Crippen LogP contribution in [0.5, 0.6) is 0 Å². The third-order valence-electron chi connectivity index (χ3n) is 6.13. The fourth-order valence-corrected chi connectivity index (χ4v) is 4.31. The molecule has 4 aromatic rings. The Morgan fingerprint density at radius 3 is 2.74 bits per heavy atom. The molecule has 0 N–H and O–H groups in total. The van der Waals surface area contributed by atoms with E-state index in [1.807, 2.05) is 48.2 Å². The van der Waals surface area contributed by atoms with E-state index in [1.165, 1.54) is 4.57 Å². The number of hydrogen-bond donors (Lipinski definition) is 0. The highest BCUT2D eigenvalue weighted by molar-refractivity contribution is 5.80. The number of nitrogens with zero attached hydrogens (tertiary/aromatic N) is 4. The molecule has 0 radical (unpaired) electrons. The second kappa shape index (κ2) is 7.98. The normalized spacial score (nSPS) is 15.1.